The van der Waals surface area contributed by atoms with Gasteiger partial charge >= 0.3 is 0 Å². The van der Waals surface area contributed by atoms with Gasteiger partial charge in [0.05, 0.1) is 0 Å². The van der Waals surface area contributed by atoms with E-state index in [1.165, 1.54) is 44.0 Å². The topological polar surface area (TPSA) is 15.3 Å². The highest BCUT2D eigenvalue weighted by atomic mass is 32.2. The van der Waals surface area contributed by atoms with Crippen LogP contribution in [0.2, 0.25) is 0 Å². The molecule has 0 bridgehead atoms. The van der Waals surface area contributed by atoms with Gasteiger partial charge in [0, 0.05) is 37.0 Å². The maximum absolute atomic E-state index is 3.78. The monoisotopic (exact) mass is 272 g/mol. The molecule has 0 aliphatic carbocycles. The van der Waals surface area contributed by atoms with Crippen LogP contribution in [0.5, 0.6) is 0 Å². The minimum Gasteiger partial charge on any atom is -0.311 e. The van der Waals surface area contributed by atoms with Crippen molar-refractivity contribution in [2.75, 3.05) is 31.1 Å². The molecular weight excluding hydrogens is 240 g/mol. The Morgan fingerprint density at radius 3 is 2.44 bits per heavy atom. The maximum atomic E-state index is 3.78. The lowest BCUT2D eigenvalue weighted by Gasteiger charge is -2.50. The van der Waals surface area contributed by atoms with Gasteiger partial charge < -0.3 is 5.32 Å². The summed E-state index contributed by atoms with van der Waals surface area (Å²) >= 11 is 2.07. The Hall–Kier alpha value is 0.270. The van der Waals surface area contributed by atoms with Gasteiger partial charge in [-0.3, -0.25) is 4.90 Å². The zero-order valence-electron chi connectivity index (χ0n) is 13.0. The molecule has 1 saturated heterocycles. The van der Waals surface area contributed by atoms with Crippen molar-refractivity contribution >= 4 is 11.8 Å². The SMILES string of the molecule is CCSCCN1CC(C(C)C)NCC1(CC)CC. The van der Waals surface area contributed by atoms with Crippen LogP contribution in [0.3, 0.4) is 0 Å². The van der Waals surface area contributed by atoms with E-state index in [9.17, 15) is 0 Å². The van der Waals surface area contributed by atoms with Crippen molar-refractivity contribution in [1.82, 2.24) is 10.2 Å². The van der Waals surface area contributed by atoms with Crippen LogP contribution in [0.15, 0.2) is 0 Å². The normalized spacial score (nSPS) is 24.7. The number of nitrogens with zero attached hydrogens (tertiary/aromatic N) is 1. The van der Waals surface area contributed by atoms with E-state index < -0.39 is 0 Å². The molecule has 108 valence electrons. The zero-order chi connectivity index (χ0) is 13.6. The van der Waals surface area contributed by atoms with E-state index in [0.717, 1.165) is 5.92 Å². The largest absolute Gasteiger partial charge is 0.311 e. The summed E-state index contributed by atoms with van der Waals surface area (Å²) < 4.78 is 0. The fraction of sp³-hybridized carbons (Fsp3) is 1.00. The molecule has 1 aliphatic heterocycles. The van der Waals surface area contributed by atoms with Crippen LogP contribution in [0.4, 0.5) is 0 Å². The molecule has 2 nitrogen and oxygen atoms in total. The van der Waals surface area contributed by atoms with Crippen molar-refractivity contribution in [3.63, 3.8) is 0 Å². The molecule has 0 aromatic carbocycles. The predicted molar refractivity (Wildman–Crippen MR) is 84.5 cm³/mol. The van der Waals surface area contributed by atoms with Crippen LogP contribution in [0.25, 0.3) is 0 Å². The Morgan fingerprint density at radius 2 is 1.94 bits per heavy atom. The van der Waals surface area contributed by atoms with E-state index in [2.05, 4.69) is 56.6 Å². The Labute approximate surface area is 118 Å². The molecular formula is C15H32N2S. The Morgan fingerprint density at radius 1 is 1.28 bits per heavy atom. The third kappa shape index (κ3) is 3.88. The van der Waals surface area contributed by atoms with E-state index in [1.807, 2.05) is 0 Å². The fourth-order valence-electron chi connectivity index (χ4n) is 2.97. The summed E-state index contributed by atoms with van der Waals surface area (Å²) in [5, 5.41) is 3.78. The van der Waals surface area contributed by atoms with Crippen LogP contribution in [0.1, 0.15) is 47.5 Å². The molecule has 18 heavy (non-hydrogen) atoms. The van der Waals surface area contributed by atoms with Gasteiger partial charge in [-0.25, -0.2) is 0 Å². The molecule has 0 saturated carbocycles. The second-order valence-electron chi connectivity index (χ2n) is 5.81. The number of hydrogen-bond acceptors (Lipinski definition) is 3. The first-order valence-corrected chi connectivity index (χ1v) is 8.81. The van der Waals surface area contributed by atoms with Crippen molar-refractivity contribution in [3.8, 4) is 0 Å². The second-order valence-corrected chi connectivity index (χ2v) is 7.20. The van der Waals surface area contributed by atoms with Crippen LogP contribution in [-0.4, -0.2) is 47.6 Å². The maximum Gasteiger partial charge on any atom is 0.0329 e. The molecule has 0 radical (unpaired) electrons. The summed E-state index contributed by atoms with van der Waals surface area (Å²) in [5.74, 6) is 3.26. The lowest BCUT2D eigenvalue weighted by atomic mass is 9.85. The first kappa shape index (κ1) is 16.3. The van der Waals surface area contributed by atoms with E-state index in [0.29, 0.717) is 11.6 Å². The van der Waals surface area contributed by atoms with Crippen molar-refractivity contribution in [3.05, 3.63) is 0 Å². The predicted octanol–water partition coefficient (Wildman–Crippen LogP) is 3.23. The molecule has 1 heterocycles. The fourth-order valence-corrected chi connectivity index (χ4v) is 3.61. The van der Waals surface area contributed by atoms with Crippen LogP contribution < -0.4 is 5.32 Å². The molecule has 1 rings (SSSR count). The number of thioether (sulfide) groups is 1. The summed E-state index contributed by atoms with van der Waals surface area (Å²) in [7, 11) is 0. The highest BCUT2D eigenvalue weighted by Gasteiger charge is 2.38. The molecule has 0 spiro atoms. The van der Waals surface area contributed by atoms with Gasteiger partial charge in [0.25, 0.3) is 0 Å². The average Bonchev–Trinajstić information content (AvgIpc) is 2.39. The number of piperazine rings is 1. The Kier molecular flexibility index (Phi) is 7.04. The first-order chi connectivity index (χ1) is 8.59. The summed E-state index contributed by atoms with van der Waals surface area (Å²) in [6, 6.07) is 0.669. The number of nitrogens with one attached hydrogen (secondary N) is 1. The summed E-state index contributed by atoms with van der Waals surface area (Å²) in [6.07, 6.45) is 2.52. The molecule has 1 fully saturated rings. The van der Waals surface area contributed by atoms with E-state index in [-0.39, 0.29) is 0 Å². The van der Waals surface area contributed by atoms with E-state index in [1.54, 1.807) is 0 Å². The molecule has 0 aromatic rings. The lowest BCUT2D eigenvalue weighted by Crippen LogP contribution is -2.65. The Bertz CT molecular complexity index is 227. The molecule has 1 atom stereocenters. The van der Waals surface area contributed by atoms with Gasteiger partial charge in [0.1, 0.15) is 0 Å². The highest BCUT2D eigenvalue weighted by Crippen LogP contribution is 2.28. The van der Waals surface area contributed by atoms with Crippen molar-refractivity contribution in [2.24, 2.45) is 5.92 Å². The van der Waals surface area contributed by atoms with Gasteiger partial charge in [-0.2, -0.15) is 11.8 Å². The molecule has 3 heteroatoms. The standard InChI is InChI=1S/C15H32N2S/c1-6-15(7-2)12-16-14(13(4)5)11-17(15)9-10-18-8-3/h13-14,16H,6-12H2,1-5H3. The van der Waals surface area contributed by atoms with Crippen molar-refractivity contribution in [1.29, 1.82) is 0 Å². The minimum absolute atomic E-state index is 0.402. The summed E-state index contributed by atoms with van der Waals surface area (Å²) in [6.45, 7) is 15.3. The van der Waals surface area contributed by atoms with Crippen LogP contribution in [-0.2, 0) is 0 Å². The van der Waals surface area contributed by atoms with Gasteiger partial charge in [-0.15, -0.1) is 0 Å². The van der Waals surface area contributed by atoms with Gasteiger partial charge in [-0.1, -0.05) is 34.6 Å². The first-order valence-electron chi connectivity index (χ1n) is 7.65. The van der Waals surface area contributed by atoms with Crippen LogP contribution in [0, 0.1) is 5.92 Å². The smallest absolute Gasteiger partial charge is 0.0329 e. The van der Waals surface area contributed by atoms with Gasteiger partial charge in [0.15, 0.2) is 0 Å². The van der Waals surface area contributed by atoms with Crippen molar-refractivity contribution in [2.45, 2.75) is 59.0 Å². The lowest BCUT2D eigenvalue weighted by molar-refractivity contribution is 0.0280. The number of rotatable bonds is 7. The Balaban J connectivity index is 2.66. The third-order valence-corrected chi connectivity index (χ3v) is 5.49. The minimum atomic E-state index is 0.402. The zero-order valence-corrected chi connectivity index (χ0v) is 13.8. The van der Waals surface area contributed by atoms with E-state index >= 15 is 0 Å². The summed E-state index contributed by atoms with van der Waals surface area (Å²) in [4.78, 5) is 2.77. The average molecular weight is 273 g/mol. The molecule has 1 aliphatic rings. The second kappa shape index (κ2) is 7.76. The number of hydrogen-bond donors (Lipinski definition) is 1. The third-order valence-electron chi connectivity index (χ3n) is 4.61. The van der Waals surface area contributed by atoms with E-state index in [4.69, 9.17) is 0 Å². The highest BCUT2D eigenvalue weighted by molar-refractivity contribution is 7.99. The van der Waals surface area contributed by atoms with Gasteiger partial charge in [0.2, 0.25) is 0 Å². The van der Waals surface area contributed by atoms with Crippen molar-refractivity contribution < 1.29 is 0 Å². The van der Waals surface area contributed by atoms with Crippen LogP contribution >= 0.6 is 11.8 Å². The molecule has 0 aromatic heterocycles. The molecule has 1 unspecified atom stereocenters. The van der Waals surface area contributed by atoms with Gasteiger partial charge in [-0.05, 0) is 24.5 Å². The molecule has 0 amide bonds. The quantitative estimate of drug-likeness (QED) is 0.716. The molecule has 1 N–H and O–H groups in total. The summed E-state index contributed by atoms with van der Waals surface area (Å²) in [5.41, 5.74) is 0.402.